The largest absolute Gasteiger partial charge is 0.493 e. The second-order valence-electron chi connectivity index (χ2n) is 6.08. The number of alkyl halides is 3. The number of carbonyl (C=O) groups is 1. The van der Waals surface area contributed by atoms with Gasteiger partial charge in [0.05, 0.1) is 12.1 Å². The highest BCUT2D eigenvalue weighted by atomic mass is 32.2. The first-order valence-electron chi connectivity index (χ1n) is 7.77. The molecule has 0 aliphatic heterocycles. The summed E-state index contributed by atoms with van der Waals surface area (Å²) in [6.45, 7) is 0.446. The molecule has 2 aromatic rings. The molecular formula is C16H15F3N2O4S. The van der Waals surface area contributed by atoms with Gasteiger partial charge < -0.3 is 4.74 Å². The van der Waals surface area contributed by atoms with Crippen LogP contribution in [-0.4, -0.2) is 37.8 Å². The zero-order valence-corrected chi connectivity index (χ0v) is 14.2. The highest BCUT2D eigenvalue weighted by Crippen LogP contribution is 2.32. The minimum Gasteiger partial charge on any atom is -0.493 e. The van der Waals surface area contributed by atoms with Crippen molar-refractivity contribution in [3.8, 4) is 5.75 Å². The molecule has 3 rings (SSSR count). The topological polar surface area (TPSA) is 85.4 Å². The second-order valence-corrected chi connectivity index (χ2v) is 7.80. The molecule has 0 bridgehead atoms. The van der Waals surface area contributed by atoms with Gasteiger partial charge in [-0.05, 0) is 30.9 Å². The lowest BCUT2D eigenvalue weighted by Gasteiger charge is -2.12. The third kappa shape index (κ3) is 4.84. The number of nitrogens with zero attached hydrogens (tertiary/aromatic N) is 1. The van der Waals surface area contributed by atoms with Gasteiger partial charge in [-0.1, -0.05) is 12.1 Å². The zero-order valence-electron chi connectivity index (χ0n) is 13.4. The maximum atomic E-state index is 12.3. The van der Waals surface area contributed by atoms with Gasteiger partial charge in [0.15, 0.2) is 5.75 Å². The molecule has 0 saturated heterocycles. The number of halogens is 3. The first-order valence-corrected chi connectivity index (χ1v) is 9.42. The van der Waals surface area contributed by atoms with Crippen molar-refractivity contribution in [1.82, 2.24) is 9.71 Å². The predicted molar refractivity (Wildman–Crippen MR) is 87.3 cm³/mol. The van der Waals surface area contributed by atoms with Gasteiger partial charge in [0.25, 0.3) is 5.91 Å². The number of rotatable bonds is 6. The summed E-state index contributed by atoms with van der Waals surface area (Å²) >= 11 is 0. The van der Waals surface area contributed by atoms with Crippen molar-refractivity contribution >= 4 is 26.8 Å². The quantitative estimate of drug-likeness (QED) is 0.822. The van der Waals surface area contributed by atoms with E-state index in [2.05, 4.69) is 4.98 Å². The predicted octanol–water partition coefficient (Wildman–Crippen LogP) is 2.65. The Morgan fingerprint density at radius 3 is 2.62 bits per heavy atom. The van der Waals surface area contributed by atoms with Gasteiger partial charge in [0.2, 0.25) is 10.0 Å². The standard InChI is InChI=1S/C16H15F3N2O4S/c17-16(18,19)9-26(23,24)21-15(22)13-7-14(25-8-10-5-6-10)11-3-1-2-4-12(11)20-13/h1-4,7,10H,5-6,8-9H2,(H,21,22). The summed E-state index contributed by atoms with van der Waals surface area (Å²) in [4.78, 5) is 16.1. The molecule has 0 spiro atoms. The van der Waals surface area contributed by atoms with Gasteiger partial charge in [-0.3, -0.25) is 4.79 Å². The Balaban J connectivity index is 1.87. The highest BCUT2D eigenvalue weighted by molar-refractivity contribution is 7.90. The smallest absolute Gasteiger partial charge is 0.404 e. The van der Waals surface area contributed by atoms with Crippen LogP contribution in [-0.2, 0) is 10.0 Å². The first kappa shape index (κ1) is 18.4. The van der Waals surface area contributed by atoms with Crippen LogP contribution in [0.1, 0.15) is 23.3 Å². The molecule has 1 aromatic carbocycles. The van der Waals surface area contributed by atoms with E-state index in [1.54, 1.807) is 24.3 Å². The second kappa shape index (κ2) is 6.75. The third-order valence-electron chi connectivity index (χ3n) is 3.68. The summed E-state index contributed by atoms with van der Waals surface area (Å²) in [6, 6.07) is 7.99. The fraction of sp³-hybridized carbons (Fsp3) is 0.375. The van der Waals surface area contributed by atoms with E-state index < -0.39 is 27.9 Å². The maximum Gasteiger partial charge on any atom is 0.404 e. The normalized spacial score (nSPS) is 15.0. The fourth-order valence-corrected chi connectivity index (χ4v) is 3.21. The number of hydrogen-bond donors (Lipinski definition) is 1. The van der Waals surface area contributed by atoms with Crippen LogP contribution in [0, 0.1) is 5.92 Å². The van der Waals surface area contributed by atoms with Crippen molar-refractivity contribution in [3.63, 3.8) is 0 Å². The zero-order chi connectivity index (χ0) is 18.9. The molecule has 1 aliphatic carbocycles. The maximum absolute atomic E-state index is 12.3. The third-order valence-corrected chi connectivity index (χ3v) is 4.89. The molecule has 1 heterocycles. The lowest BCUT2D eigenvalue weighted by molar-refractivity contribution is -0.106. The van der Waals surface area contributed by atoms with Crippen molar-refractivity contribution in [1.29, 1.82) is 0 Å². The van der Waals surface area contributed by atoms with E-state index in [9.17, 15) is 26.4 Å². The summed E-state index contributed by atoms with van der Waals surface area (Å²) in [6.07, 6.45) is -2.86. The molecule has 1 saturated carbocycles. The number of para-hydroxylation sites is 1. The molecule has 1 aromatic heterocycles. The van der Waals surface area contributed by atoms with Gasteiger partial charge >= 0.3 is 6.18 Å². The molecule has 1 aliphatic rings. The first-order chi connectivity index (χ1) is 12.1. The lowest BCUT2D eigenvalue weighted by atomic mass is 10.2. The molecule has 26 heavy (non-hydrogen) atoms. The summed E-state index contributed by atoms with van der Waals surface area (Å²) in [5, 5.41) is 0.628. The Hall–Kier alpha value is -2.36. The van der Waals surface area contributed by atoms with E-state index in [-0.39, 0.29) is 5.69 Å². The molecule has 1 amide bonds. The monoisotopic (exact) mass is 388 g/mol. The van der Waals surface area contributed by atoms with Crippen molar-refractivity contribution in [2.75, 3.05) is 12.4 Å². The van der Waals surface area contributed by atoms with Crippen LogP contribution in [0.2, 0.25) is 0 Å². The minimum atomic E-state index is -4.96. The summed E-state index contributed by atoms with van der Waals surface area (Å²) in [5.41, 5.74) is 0.0411. The van der Waals surface area contributed by atoms with Crippen molar-refractivity contribution in [3.05, 3.63) is 36.0 Å². The van der Waals surface area contributed by atoms with E-state index in [1.807, 2.05) is 0 Å². The number of nitrogens with one attached hydrogen (secondary N) is 1. The Morgan fingerprint density at radius 1 is 1.27 bits per heavy atom. The molecule has 140 valence electrons. The van der Waals surface area contributed by atoms with Crippen molar-refractivity contribution in [2.24, 2.45) is 5.92 Å². The van der Waals surface area contributed by atoms with Crippen LogP contribution in [0.4, 0.5) is 13.2 Å². The van der Waals surface area contributed by atoms with Crippen LogP contribution in [0.5, 0.6) is 5.75 Å². The number of carbonyl (C=O) groups excluding carboxylic acids is 1. The van der Waals surface area contributed by atoms with Gasteiger partial charge in [-0.15, -0.1) is 0 Å². The van der Waals surface area contributed by atoms with Gasteiger partial charge in [-0.25, -0.2) is 18.1 Å². The van der Waals surface area contributed by atoms with E-state index in [0.717, 1.165) is 12.8 Å². The van der Waals surface area contributed by atoms with E-state index in [1.165, 1.54) is 10.8 Å². The van der Waals surface area contributed by atoms with Crippen LogP contribution in [0.15, 0.2) is 30.3 Å². The molecule has 0 unspecified atom stereocenters. The van der Waals surface area contributed by atoms with E-state index in [0.29, 0.717) is 29.2 Å². The highest BCUT2D eigenvalue weighted by Gasteiger charge is 2.36. The Kier molecular flexibility index (Phi) is 4.78. The lowest BCUT2D eigenvalue weighted by Crippen LogP contribution is -2.37. The van der Waals surface area contributed by atoms with Crippen LogP contribution in [0.3, 0.4) is 0 Å². The molecule has 0 atom stereocenters. The molecule has 6 nitrogen and oxygen atoms in total. The van der Waals surface area contributed by atoms with Gasteiger partial charge in [0, 0.05) is 11.5 Å². The van der Waals surface area contributed by atoms with Crippen LogP contribution < -0.4 is 9.46 Å². The average molecular weight is 388 g/mol. The van der Waals surface area contributed by atoms with E-state index in [4.69, 9.17) is 4.74 Å². The van der Waals surface area contributed by atoms with Gasteiger partial charge in [0.1, 0.15) is 11.4 Å². The number of amides is 1. The van der Waals surface area contributed by atoms with Crippen LogP contribution in [0.25, 0.3) is 10.9 Å². The molecule has 1 N–H and O–H groups in total. The Labute approximate surface area is 147 Å². The number of sulfonamides is 1. The van der Waals surface area contributed by atoms with E-state index >= 15 is 0 Å². The SMILES string of the molecule is O=C(NS(=O)(=O)CC(F)(F)F)c1cc(OCC2CC2)c2ccccc2n1. The van der Waals surface area contributed by atoms with Crippen molar-refractivity contribution in [2.45, 2.75) is 19.0 Å². The number of pyridine rings is 1. The minimum absolute atomic E-state index is 0.333. The van der Waals surface area contributed by atoms with Gasteiger partial charge in [-0.2, -0.15) is 13.2 Å². The summed E-state index contributed by atoms with van der Waals surface area (Å²) in [7, 11) is -4.87. The molecular weight excluding hydrogens is 373 g/mol. The van der Waals surface area contributed by atoms with Crippen molar-refractivity contribution < 1.29 is 31.1 Å². The summed E-state index contributed by atoms with van der Waals surface area (Å²) < 4.78 is 66.9. The number of hydrogen-bond acceptors (Lipinski definition) is 5. The Morgan fingerprint density at radius 2 is 1.96 bits per heavy atom. The number of benzene rings is 1. The summed E-state index contributed by atoms with van der Waals surface area (Å²) in [5.74, 6) is -2.62. The number of aromatic nitrogens is 1. The number of ether oxygens (including phenoxy) is 1. The molecule has 10 heteroatoms. The molecule has 1 fully saturated rings. The Bertz CT molecular complexity index is 940. The molecule has 0 radical (unpaired) electrons. The fourth-order valence-electron chi connectivity index (χ4n) is 2.32. The average Bonchev–Trinajstić information content (AvgIpc) is 3.33. The number of fused-ring (bicyclic) bond motifs is 1. The van der Waals surface area contributed by atoms with Crippen LogP contribution >= 0.6 is 0 Å².